The molecule has 0 saturated heterocycles. The van der Waals surface area contributed by atoms with Crippen LogP contribution in [0.3, 0.4) is 0 Å². The van der Waals surface area contributed by atoms with E-state index in [9.17, 15) is 9.59 Å². The van der Waals surface area contributed by atoms with Gasteiger partial charge in [0.05, 0.1) is 11.6 Å². The monoisotopic (exact) mass is 378 g/mol. The Morgan fingerprint density at radius 3 is 2.80 bits per heavy atom. The smallest absolute Gasteiger partial charge is 0.405 e. The first-order valence-electron chi connectivity index (χ1n) is 7.50. The molecule has 0 aliphatic rings. The predicted octanol–water partition coefficient (Wildman–Crippen LogP) is 3.66. The number of aromatic amines is 1. The van der Waals surface area contributed by atoms with Crippen molar-refractivity contribution in [1.29, 1.82) is 0 Å². The summed E-state index contributed by atoms with van der Waals surface area (Å²) in [6, 6.07) is 4.70. The van der Waals surface area contributed by atoms with Gasteiger partial charge in [0, 0.05) is 11.1 Å². The highest BCUT2D eigenvalue weighted by atomic mass is 35.5. The van der Waals surface area contributed by atoms with Crippen molar-refractivity contribution in [3.63, 3.8) is 0 Å². The normalized spacial score (nSPS) is 12.5. The number of rotatable bonds is 4. The van der Waals surface area contributed by atoms with Crippen LogP contribution >= 0.6 is 22.9 Å². The summed E-state index contributed by atoms with van der Waals surface area (Å²) in [6.45, 7) is 3.70. The number of thiophene rings is 1. The molecule has 3 N–H and O–H groups in total. The Morgan fingerprint density at radius 2 is 2.16 bits per heavy atom. The maximum atomic E-state index is 12.4. The molecule has 3 heterocycles. The van der Waals surface area contributed by atoms with E-state index in [1.54, 1.807) is 24.4 Å². The van der Waals surface area contributed by atoms with Crippen LogP contribution in [0.1, 0.15) is 25.7 Å². The molecule has 9 heteroatoms. The van der Waals surface area contributed by atoms with Crippen LogP contribution in [0.15, 0.2) is 29.2 Å². The number of carbonyl (C=O) groups is 1. The van der Waals surface area contributed by atoms with Crippen LogP contribution in [-0.4, -0.2) is 26.2 Å². The van der Waals surface area contributed by atoms with Gasteiger partial charge >= 0.3 is 6.09 Å². The van der Waals surface area contributed by atoms with E-state index in [4.69, 9.17) is 16.7 Å². The molecule has 7 nitrogen and oxygen atoms in total. The number of amides is 1. The first-order valence-corrected chi connectivity index (χ1v) is 8.69. The number of hydrogen-bond acceptors (Lipinski definition) is 5. The van der Waals surface area contributed by atoms with Crippen molar-refractivity contribution < 1.29 is 9.90 Å². The third-order valence-electron chi connectivity index (χ3n) is 3.65. The van der Waals surface area contributed by atoms with Crippen molar-refractivity contribution in [3.8, 4) is 10.4 Å². The molecule has 0 fully saturated rings. The van der Waals surface area contributed by atoms with Gasteiger partial charge in [-0.25, -0.2) is 14.8 Å². The number of aromatic nitrogens is 3. The molecule has 0 aliphatic carbocycles. The quantitative estimate of drug-likeness (QED) is 0.600. The molecule has 0 saturated carbocycles. The molecule has 0 bridgehead atoms. The molecule has 25 heavy (non-hydrogen) atoms. The molecule has 130 valence electrons. The van der Waals surface area contributed by atoms with Gasteiger partial charge in [0.1, 0.15) is 15.7 Å². The van der Waals surface area contributed by atoms with Gasteiger partial charge in [-0.3, -0.25) is 4.79 Å². The molecular weight excluding hydrogens is 364 g/mol. The summed E-state index contributed by atoms with van der Waals surface area (Å²) in [5.74, 6) is 0.223. The maximum Gasteiger partial charge on any atom is 0.405 e. The second-order valence-corrected chi connectivity index (χ2v) is 7.25. The predicted molar refractivity (Wildman–Crippen MR) is 97.2 cm³/mol. The van der Waals surface area contributed by atoms with Gasteiger partial charge in [0.25, 0.3) is 5.56 Å². The van der Waals surface area contributed by atoms with Gasteiger partial charge in [-0.15, -0.1) is 11.3 Å². The van der Waals surface area contributed by atoms with Crippen LogP contribution in [0, 0.1) is 5.92 Å². The molecule has 3 aromatic rings. The third-order valence-corrected chi connectivity index (χ3v) is 5.03. The zero-order valence-electron chi connectivity index (χ0n) is 13.4. The number of carboxylic acid groups (broad SMARTS) is 1. The fourth-order valence-corrected chi connectivity index (χ4v) is 3.65. The van der Waals surface area contributed by atoms with Crippen LogP contribution < -0.4 is 10.9 Å². The number of fused-ring (bicyclic) bond motifs is 1. The van der Waals surface area contributed by atoms with Crippen molar-refractivity contribution >= 4 is 39.2 Å². The Labute approximate surface area is 151 Å². The Morgan fingerprint density at radius 1 is 1.40 bits per heavy atom. The van der Waals surface area contributed by atoms with E-state index in [1.165, 1.54) is 11.3 Å². The minimum absolute atomic E-state index is 0.0752. The van der Waals surface area contributed by atoms with E-state index < -0.39 is 12.1 Å². The number of nitrogens with zero attached hydrogens (tertiary/aromatic N) is 2. The highest BCUT2D eigenvalue weighted by molar-refractivity contribution is 7.22. The first kappa shape index (κ1) is 17.4. The molecule has 0 aliphatic heterocycles. The van der Waals surface area contributed by atoms with Crippen LogP contribution in [0.5, 0.6) is 0 Å². The molecule has 0 radical (unpaired) electrons. The van der Waals surface area contributed by atoms with Gasteiger partial charge in [-0.1, -0.05) is 25.4 Å². The zero-order valence-corrected chi connectivity index (χ0v) is 15.0. The van der Waals surface area contributed by atoms with Crippen molar-refractivity contribution in [2.45, 2.75) is 19.9 Å². The van der Waals surface area contributed by atoms with Crippen LogP contribution in [0.2, 0.25) is 5.15 Å². The van der Waals surface area contributed by atoms with Crippen molar-refractivity contribution in [2.75, 3.05) is 0 Å². The van der Waals surface area contributed by atoms with E-state index in [0.29, 0.717) is 21.2 Å². The van der Waals surface area contributed by atoms with Gasteiger partial charge < -0.3 is 15.4 Å². The third kappa shape index (κ3) is 3.64. The summed E-state index contributed by atoms with van der Waals surface area (Å²) in [7, 11) is 0. The van der Waals surface area contributed by atoms with Crippen LogP contribution in [0.25, 0.3) is 20.7 Å². The zero-order chi connectivity index (χ0) is 18.1. The number of pyridine rings is 1. The van der Waals surface area contributed by atoms with Gasteiger partial charge in [-0.2, -0.15) is 0 Å². The Hall–Kier alpha value is -2.45. The summed E-state index contributed by atoms with van der Waals surface area (Å²) >= 11 is 7.22. The van der Waals surface area contributed by atoms with E-state index in [-0.39, 0.29) is 11.5 Å². The van der Waals surface area contributed by atoms with Crippen molar-refractivity contribution in [1.82, 2.24) is 20.3 Å². The maximum absolute atomic E-state index is 12.4. The SMILES string of the molecule is CC(C)C(NC(=O)O)c1nc2cc(-c3ccnc(Cl)c3)sc2c(=O)[nH]1. The second kappa shape index (κ2) is 6.81. The number of halogens is 1. The Balaban J connectivity index is 2.10. The number of H-pyrrole nitrogens is 1. The molecule has 1 amide bonds. The van der Waals surface area contributed by atoms with Gasteiger partial charge in [0.15, 0.2) is 0 Å². The summed E-state index contributed by atoms with van der Waals surface area (Å²) in [5, 5.41) is 11.8. The Kier molecular flexibility index (Phi) is 4.73. The molecule has 0 spiro atoms. The summed E-state index contributed by atoms with van der Waals surface area (Å²) < 4.78 is 0.476. The van der Waals surface area contributed by atoms with Crippen LogP contribution in [-0.2, 0) is 0 Å². The van der Waals surface area contributed by atoms with Gasteiger partial charge in [-0.05, 0) is 29.7 Å². The minimum atomic E-state index is -1.17. The van der Waals surface area contributed by atoms with E-state index in [0.717, 1.165) is 10.4 Å². The topological polar surface area (TPSA) is 108 Å². The molecular formula is C16H15ClN4O3S. The standard InChI is InChI=1S/C16H15ClN4O3S/c1-7(2)12(20-16(23)24)14-19-9-6-10(25-13(9)15(22)21-14)8-3-4-18-11(17)5-8/h3-7,12,20H,1-2H3,(H,23,24)(H,19,21,22). The van der Waals surface area contributed by atoms with E-state index in [1.807, 2.05) is 13.8 Å². The summed E-state index contributed by atoms with van der Waals surface area (Å²) in [6.07, 6.45) is 0.426. The largest absolute Gasteiger partial charge is 0.465 e. The number of nitrogens with one attached hydrogen (secondary N) is 2. The summed E-state index contributed by atoms with van der Waals surface area (Å²) in [4.78, 5) is 35.4. The average molecular weight is 379 g/mol. The first-order chi connectivity index (χ1) is 11.8. The lowest BCUT2D eigenvalue weighted by atomic mass is 10.0. The molecule has 0 aromatic carbocycles. The fraction of sp³-hybridized carbons (Fsp3) is 0.250. The Bertz CT molecular complexity index is 998. The highest BCUT2D eigenvalue weighted by Crippen LogP contribution is 2.32. The molecule has 3 aromatic heterocycles. The second-order valence-electron chi connectivity index (χ2n) is 5.81. The minimum Gasteiger partial charge on any atom is -0.465 e. The van der Waals surface area contributed by atoms with Crippen molar-refractivity contribution in [3.05, 3.63) is 45.7 Å². The van der Waals surface area contributed by atoms with E-state index in [2.05, 4.69) is 20.3 Å². The molecule has 1 atom stereocenters. The van der Waals surface area contributed by atoms with Crippen LogP contribution in [0.4, 0.5) is 4.79 Å². The van der Waals surface area contributed by atoms with E-state index >= 15 is 0 Å². The molecule has 1 unspecified atom stereocenters. The van der Waals surface area contributed by atoms with Crippen molar-refractivity contribution in [2.24, 2.45) is 5.92 Å². The lowest BCUT2D eigenvalue weighted by molar-refractivity contribution is 0.185. The number of hydrogen-bond donors (Lipinski definition) is 3. The highest BCUT2D eigenvalue weighted by Gasteiger charge is 2.22. The average Bonchev–Trinajstić information content (AvgIpc) is 2.97. The summed E-state index contributed by atoms with van der Waals surface area (Å²) in [5.41, 5.74) is 1.06. The fourth-order valence-electron chi connectivity index (χ4n) is 2.49. The lowest BCUT2D eigenvalue weighted by Crippen LogP contribution is -2.33. The van der Waals surface area contributed by atoms with Gasteiger partial charge in [0.2, 0.25) is 0 Å². The lowest BCUT2D eigenvalue weighted by Gasteiger charge is -2.19. The molecule has 3 rings (SSSR count).